The maximum absolute atomic E-state index is 13.1. The van der Waals surface area contributed by atoms with E-state index in [-0.39, 0.29) is 36.3 Å². The van der Waals surface area contributed by atoms with Crippen LogP contribution in [0.15, 0.2) is 78.2 Å². The Morgan fingerprint density at radius 2 is 1.81 bits per heavy atom. The van der Waals surface area contributed by atoms with Crippen molar-refractivity contribution in [2.45, 2.75) is 31.8 Å². The number of hydrogen-bond donors (Lipinski definition) is 2. The molecule has 0 aliphatic heterocycles. The van der Waals surface area contributed by atoms with Crippen molar-refractivity contribution in [1.29, 1.82) is 0 Å². The zero-order chi connectivity index (χ0) is 29.9. The molecule has 4 aromatic heterocycles. The van der Waals surface area contributed by atoms with Gasteiger partial charge >= 0.3 is 11.9 Å². The maximum Gasteiger partial charge on any atom is 0.416 e. The summed E-state index contributed by atoms with van der Waals surface area (Å²) in [7, 11) is 0. The van der Waals surface area contributed by atoms with Crippen LogP contribution >= 0.6 is 11.6 Å². The standard InChI is InChI=1S/C26H21ClF3N9O3/c27-18-7-5-17(6-8-18)24-36-38(25(42)37(24)13-20(40)26(28,29)30)14-21-33-15-39(35-21)19-4-2-10-32-23(19)34-22(41)11-16-3-1-9-31-12-16/h1-10,12,15,20,40H,11,13-14H2,(H,32,34,41)/t20-/m0/s1. The van der Waals surface area contributed by atoms with Gasteiger partial charge in [0, 0.05) is 29.2 Å². The summed E-state index contributed by atoms with van der Waals surface area (Å²) in [6.07, 6.45) is -1.68. The van der Waals surface area contributed by atoms with Crippen molar-refractivity contribution in [1.82, 2.24) is 39.1 Å². The van der Waals surface area contributed by atoms with Gasteiger partial charge in [-0.1, -0.05) is 17.7 Å². The van der Waals surface area contributed by atoms with Crippen LogP contribution in [0.2, 0.25) is 5.02 Å². The molecule has 0 fully saturated rings. The van der Waals surface area contributed by atoms with Crippen molar-refractivity contribution in [3.05, 3.63) is 100 Å². The number of hydrogen-bond acceptors (Lipinski definition) is 8. The topological polar surface area (TPSA) is 146 Å². The van der Waals surface area contributed by atoms with Crippen LogP contribution in [-0.4, -0.2) is 62.4 Å². The number of rotatable bonds is 9. The fraction of sp³-hybridized carbons (Fsp3) is 0.192. The Morgan fingerprint density at radius 1 is 1.05 bits per heavy atom. The van der Waals surface area contributed by atoms with Gasteiger partial charge in [-0.05, 0) is 48.0 Å². The lowest BCUT2D eigenvalue weighted by molar-refractivity contribution is -0.207. The number of aliphatic hydroxyl groups is 1. The number of anilines is 1. The monoisotopic (exact) mass is 599 g/mol. The van der Waals surface area contributed by atoms with Gasteiger partial charge in [0.1, 0.15) is 18.6 Å². The van der Waals surface area contributed by atoms with E-state index in [0.29, 0.717) is 21.8 Å². The van der Waals surface area contributed by atoms with Crippen LogP contribution in [0.5, 0.6) is 0 Å². The van der Waals surface area contributed by atoms with Crippen LogP contribution in [0.4, 0.5) is 19.0 Å². The van der Waals surface area contributed by atoms with Crippen molar-refractivity contribution < 1.29 is 23.1 Å². The van der Waals surface area contributed by atoms with Crippen molar-refractivity contribution >= 4 is 23.3 Å². The molecule has 0 bridgehead atoms. The molecule has 12 nitrogen and oxygen atoms in total. The summed E-state index contributed by atoms with van der Waals surface area (Å²) in [5.41, 5.74) is 0.486. The molecule has 216 valence electrons. The molecule has 5 aromatic rings. The number of alkyl halides is 3. The highest BCUT2D eigenvalue weighted by atomic mass is 35.5. The van der Waals surface area contributed by atoms with Gasteiger partial charge in [0.15, 0.2) is 23.6 Å². The maximum atomic E-state index is 13.1. The van der Waals surface area contributed by atoms with Crippen LogP contribution in [0.25, 0.3) is 17.1 Å². The van der Waals surface area contributed by atoms with E-state index >= 15 is 0 Å². The van der Waals surface area contributed by atoms with Crippen LogP contribution in [-0.2, 0) is 24.3 Å². The second kappa shape index (κ2) is 11.9. The summed E-state index contributed by atoms with van der Waals surface area (Å²) in [5, 5.41) is 21.3. The molecule has 0 radical (unpaired) electrons. The molecule has 0 spiro atoms. The highest BCUT2D eigenvalue weighted by Crippen LogP contribution is 2.24. The first kappa shape index (κ1) is 28.6. The van der Waals surface area contributed by atoms with Crippen molar-refractivity contribution in [3.8, 4) is 17.1 Å². The van der Waals surface area contributed by atoms with Gasteiger partial charge in [0.05, 0.1) is 13.0 Å². The second-order valence-electron chi connectivity index (χ2n) is 9.00. The second-order valence-corrected chi connectivity index (χ2v) is 9.44. The van der Waals surface area contributed by atoms with E-state index in [1.165, 1.54) is 41.5 Å². The van der Waals surface area contributed by atoms with E-state index < -0.39 is 24.5 Å². The zero-order valence-electron chi connectivity index (χ0n) is 21.5. The number of aliphatic hydroxyl groups excluding tert-OH is 1. The van der Waals surface area contributed by atoms with Crippen LogP contribution < -0.4 is 11.0 Å². The van der Waals surface area contributed by atoms with Gasteiger partial charge < -0.3 is 10.4 Å². The Bertz CT molecular complexity index is 1750. The number of carbonyl (C=O) groups excluding carboxylic acids is 1. The summed E-state index contributed by atoms with van der Waals surface area (Å²) in [6.45, 7) is -1.37. The Hall–Kier alpha value is -4.89. The highest BCUT2D eigenvalue weighted by molar-refractivity contribution is 6.30. The molecule has 16 heteroatoms. The van der Waals surface area contributed by atoms with Gasteiger partial charge in [-0.15, -0.1) is 10.2 Å². The van der Waals surface area contributed by atoms with E-state index in [4.69, 9.17) is 11.6 Å². The van der Waals surface area contributed by atoms with Gasteiger partial charge in [0.2, 0.25) is 5.91 Å². The number of carbonyl (C=O) groups is 1. The number of nitrogens with one attached hydrogen (secondary N) is 1. The first-order valence-electron chi connectivity index (χ1n) is 12.3. The predicted molar refractivity (Wildman–Crippen MR) is 144 cm³/mol. The minimum atomic E-state index is -4.95. The fourth-order valence-corrected chi connectivity index (χ4v) is 4.09. The van der Waals surface area contributed by atoms with Crippen molar-refractivity contribution in [3.63, 3.8) is 0 Å². The minimum Gasteiger partial charge on any atom is -0.382 e. The summed E-state index contributed by atoms with van der Waals surface area (Å²) in [4.78, 5) is 38.1. The zero-order valence-corrected chi connectivity index (χ0v) is 22.2. The first-order chi connectivity index (χ1) is 20.1. The molecule has 1 atom stereocenters. The first-order valence-corrected chi connectivity index (χ1v) is 12.7. The molecule has 0 saturated heterocycles. The Kier molecular flexibility index (Phi) is 8.13. The molecule has 1 amide bonds. The quantitative estimate of drug-likeness (QED) is 0.263. The number of pyridine rings is 2. The van der Waals surface area contributed by atoms with Gasteiger partial charge in [-0.3, -0.25) is 14.3 Å². The van der Waals surface area contributed by atoms with Crippen molar-refractivity contribution in [2.75, 3.05) is 5.32 Å². The molecule has 0 aliphatic rings. The molecule has 5 rings (SSSR count). The minimum absolute atomic E-state index is 0.0665. The Morgan fingerprint density at radius 3 is 2.52 bits per heavy atom. The highest BCUT2D eigenvalue weighted by Gasteiger charge is 2.39. The van der Waals surface area contributed by atoms with Crippen LogP contribution in [0, 0.1) is 0 Å². The molecule has 0 saturated carbocycles. The molecule has 42 heavy (non-hydrogen) atoms. The molecule has 1 aromatic carbocycles. The van der Waals surface area contributed by atoms with Crippen molar-refractivity contribution in [2.24, 2.45) is 0 Å². The van der Waals surface area contributed by atoms with Gasteiger partial charge in [0.25, 0.3) is 0 Å². The average molecular weight is 600 g/mol. The van der Waals surface area contributed by atoms with Crippen LogP contribution in [0.1, 0.15) is 11.4 Å². The third-order valence-electron chi connectivity index (χ3n) is 5.97. The molecule has 0 unspecified atom stereocenters. The van der Waals surface area contributed by atoms with Gasteiger partial charge in [-0.2, -0.15) is 13.2 Å². The third kappa shape index (κ3) is 6.53. The molecule has 4 heterocycles. The van der Waals surface area contributed by atoms with E-state index in [1.54, 1.807) is 36.7 Å². The number of benzene rings is 1. The van der Waals surface area contributed by atoms with E-state index in [0.717, 1.165) is 9.25 Å². The SMILES string of the molecule is O=C(Cc1cccnc1)Nc1ncccc1-n1cnc(Cn2nc(-c3ccc(Cl)cc3)n(C[C@H](O)C(F)(F)F)c2=O)n1. The molecular weight excluding hydrogens is 579 g/mol. The normalized spacial score (nSPS) is 12.3. The van der Waals surface area contributed by atoms with Gasteiger partial charge in [-0.25, -0.2) is 24.1 Å². The summed E-state index contributed by atoms with van der Waals surface area (Å²) >= 11 is 5.92. The lowest BCUT2D eigenvalue weighted by Crippen LogP contribution is -2.37. The van der Waals surface area contributed by atoms with E-state index in [1.807, 2.05) is 0 Å². The summed E-state index contributed by atoms with van der Waals surface area (Å²) in [5.74, 6) is -0.144. The number of nitrogens with zero attached hydrogens (tertiary/aromatic N) is 8. The number of amides is 1. The molecule has 2 N–H and O–H groups in total. The number of aromatic nitrogens is 8. The lowest BCUT2D eigenvalue weighted by atomic mass is 10.2. The molecular formula is C26H21ClF3N9O3. The van der Waals surface area contributed by atoms with E-state index in [2.05, 4.69) is 30.5 Å². The largest absolute Gasteiger partial charge is 0.416 e. The smallest absolute Gasteiger partial charge is 0.382 e. The predicted octanol–water partition coefficient (Wildman–Crippen LogP) is 2.89. The fourth-order valence-electron chi connectivity index (χ4n) is 3.96. The number of halogens is 4. The van der Waals surface area contributed by atoms with Crippen LogP contribution in [0.3, 0.4) is 0 Å². The Labute approximate surface area is 240 Å². The summed E-state index contributed by atoms with van der Waals surface area (Å²) < 4.78 is 42.3. The molecule has 0 aliphatic carbocycles. The third-order valence-corrected chi connectivity index (χ3v) is 6.22. The van der Waals surface area contributed by atoms with E-state index in [9.17, 15) is 27.9 Å². The summed E-state index contributed by atoms with van der Waals surface area (Å²) in [6, 6.07) is 12.7. The average Bonchev–Trinajstić information content (AvgIpc) is 3.54. The lowest BCUT2D eigenvalue weighted by Gasteiger charge is -2.15. The Balaban J connectivity index is 1.40.